The molecule has 1 aromatic carbocycles. The first-order valence-corrected chi connectivity index (χ1v) is 4.71. The normalized spacial score (nSPS) is 12.1. The number of benzene rings is 1. The Morgan fingerprint density at radius 3 is 2.75 bits per heavy atom. The van der Waals surface area contributed by atoms with E-state index in [2.05, 4.69) is 21.9 Å². The smallest absolute Gasteiger partial charge is 0.0898 e. The number of rotatable bonds is 2. The van der Waals surface area contributed by atoms with Crippen molar-refractivity contribution in [3.63, 3.8) is 0 Å². The van der Waals surface area contributed by atoms with Gasteiger partial charge in [0.2, 0.25) is 0 Å². The summed E-state index contributed by atoms with van der Waals surface area (Å²) in [5, 5.41) is 10.0. The second kappa shape index (κ2) is 4.30. The lowest BCUT2D eigenvalue weighted by Crippen LogP contribution is -2.00. The molecule has 1 rings (SSSR count). The van der Waals surface area contributed by atoms with E-state index in [4.69, 9.17) is 6.42 Å². The van der Waals surface area contributed by atoms with E-state index in [1.165, 1.54) is 0 Å². The van der Waals surface area contributed by atoms with Crippen molar-refractivity contribution in [2.24, 2.45) is 0 Å². The van der Waals surface area contributed by atoms with Gasteiger partial charge in [-0.2, -0.15) is 0 Å². The predicted molar refractivity (Wildman–Crippen MR) is 53.1 cm³/mol. The van der Waals surface area contributed by atoms with Gasteiger partial charge in [0.1, 0.15) is 0 Å². The molecule has 12 heavy (non-hydrogen) atoms. The average Bonchev–Trinajstić information content (AvgIpc) is 2.16. The van der Waals surface area contributed by atoms with Gasteiger partial charge >= 0.3 is 0 Å². The lowest BCUT2D eigenvalue weighted by Gasteiger charge is -2.08. The van der Waals surface area contributed by atoms with Crippen LogP contribution in [0.3, 0.4) is 0 Å². The Balaban J connectivity index is 3.07. The van der Waals surface area contributed by atoms with Crippen molar-refractivity contribution < 1.29 is 5.11 Å². The third-order valence-electron chi connectivity index (χ3n) is 1.62. The Bertz CT molecular complexity index is 301. The van der Waals surface area contributed by atoms with Crippen LogP contribution in [0.15, 0.2) is 24.3 Å². The Hall–Kier alpha value is -0.780. The number of alkyl halides is 1. The molecule has 1 N–H and O–H groups in total. The summed E-state index contributed by atoms with van der Waals surface area (Å²) in [6.07, 6.45) is 4.75. The first kappa shape index (κ1) is 9.31. The van der Waals surface area contributed by atoms with E-state index in [-0.39, 0.29) is 0 Å². The number of terminal acetylenes is 1. The monoisotopic (exact) mass is 224 g/mol. The number of halogens is 1. The Morgan fingerprint density at radius 2 is 2.17 bits per heavy atom. The van der Waals surface area contributed by atoms with Gasteiger partial charge in [0.15, 0.2) is 0 Å². The van der Waals surface area contributed by atoms with Gasteiger partial charge in [0.25, 0.3) is 0 Å². The maximum atomic E-state index is 9.50. The van der Waals surface area contributed by atoms with Crippen LogP contribution in [0.4, 0.5) is 0 Å². The number of aliphatic hydroxyl groups is 1. The second-order valence-electron chi connectivity index (χ2n) is 2.40. The molecule has 1 unspecified atom stereocenters. The summed E-state index contributed by atoms with van der Waals surface area (Å²) in [6, 6.07) is 7.38. The molecule has 0 bridgehead atoms. The molecule has 0 saturated carbocycles. The third kappa shape index (κ3) is 1.88. The molecule has 0 aliphatic carbocycles. The van der Waals surface area contributed by atoms with Crippen LogP contribution in [-0.2, 0) is 0 Å². The van der Waals surface area contributed by atoms with Crippen LogP contribution >= 0.6 is 15.9 Å². The zero-order valence-electron chi connectivity index (χ0n) is 6.50. The van der Waals surface area contributed by atoms with Gasteiger partial charge in [-0.15, -0.1) is 6.42 Å². The minimum absolute atomic E-state index is 0.506. The molecule has 0 saturated heterocycles. The molecular weight excluding hydrogens is 216 g/mol. The molecule has 1 atom stereocenters. The summed E-state index contributed by atoms with van der Waals surface area (Å²) < 4.78 is 0. The van der Waals surface area contributed by atoms with Crippen LogP contribution < -0.4 is 0 Å². The summed E-state index contributed by atoms with van der Waals surface area (Å²) in [6.45, 7) is 0. The lowest BCUT2D eigenvalue weighted by molar-refractivity contribution is 0.205. The van der Waals surface area contributed by atoms with E-state index in [0.29, 0.717) is 5.33 Å². The van der Waals surface area contributed by atoms with Crippen molar-refractivity contribution in [2.45, 2.75) is 6.10 Å². The van der Waals surface area contributed by atoms with Crippen LogP contribution in [0, 0.1) is 12.3 Å². The van der Waals surface area contributed by atoms with E-state index in [1.54, 1.807) is 0 Å². The Labute approximate surface area is 80.6 Å². The number of aliphatic hydroxyl groups excluding tert-OH is 1. The minimum atomic E-state index is -0.516. The van der Waals surface area contributed by atoms with Crippen molar-refractivity contribution >= 4 is 15.9 Å². The summed E-state index contributed by atoms with van der Waals surface area (Å²) in [5.74, 6) is 2.53. The highest BCUT2D eigenvalue weighted by atomic mass is 79.9. The summed E-state index contributed by atoms with van der Waals surface area (Å²) in [4.78, 5) is 0. The zero-order chi connectivity index (χ0) is 8.97. The van der Waals surface area contributed by atoms with Crippen molar-refractivity contribution in [2.75, 3.05) is 5.33 Å². The summed E-state index contributed by atoms with van der Waals surface area (Å²) in [5.41, 5.74) is 1.56. The van der Waals surface area contributed by atoms with Crippen LogP contribution in [0.1, 0.15) is 17.2 Å². The fourth-order valence-corrected chi connectivity index (χ4v) is 1.35. The van der Waals surface area contributed by atoms with Crippen molar-refractivity contribution in [3.05, 3.63) is 35.4 Å². The molecule has 0 aromatic heterocycles. The largest absolute Gasteiger partial charge is 0.387 e. The van der Waals surface area contributed by atoms with Gasteiger partial charge in [0, 0.05) is 10.9 Å². The maximum absolute atomic E-state index is 9.50. The molecule has 0 radical (unpaired) electrons. The highest BCUT2D eigenvalue weighted by Gasteiger charge is 2.08. The fourth-order valence-electron chi connectivity index (χ4n) is 1.00. The molecule has 62 valence electrons. The Morgan fingerprint density at radius 1 is 1.50 bits per heavy atom. The van der Waals surface area contributed by atoms with Crippen LogP contribution in [-0.4, -0.2) is 10.4 Å². The lowest BCUT2D eigenvalue weighted by atomic mass is 10.0. The first-order chi connectivity index (χ1) is 5.79. The molecule has 1 aromatic rings. The van der Waals surface area contributed by atoms with Crippen LogP contribution in [0.5, 0.6) is 0 Å². The quantitative estimate of drug-likeness (QED) is 0.603. The molecule has 0 aliphatic heterocycles. The van der Waals surface area contributed by atoms with Gasteiger partial charge in [-0.3, -0.25) is 0 Å². The van der Waals surface area contributed by atoms with E-state index < -0.39 is 6.10 Å². The van der Waals surface area contributed by atoms with E-state index >= 15 is 0 Å². The number of hydrogen-bond acceptors (Lipinski definition) is 1. The molecule has 0 aliphatic rings. The van der Waals surface area contributed by atoms with Crippen molar-refractivity contribution in [3.8, 4) is 12.3 Å². The van der Waals surface area contributed by atoms with Crippen LogP contribution in [0.2, 0.25) is 0 Å². The SMILES string of the molecule is C#Cc1ccccc1C(O)CBr. The van der Waals surface area contributed by atoms with Gasteiger partial charge < -0.3 is 5.11 Å². The zero-order valence-corrected chi connectivity index (χ0v) is 8.08. The number of hydrogen-bond donors (Lipinski definition) is 1. The van der Waals surface area contributed by atoms with Crippen molar-refractivity contribution in [1.82, 2.24) is 0 Å². The molecule has 0 heterocycles. The predicted octanol–water partition coefficient (Wildman–Crippen LogP) is 2.10. The van der Waals surface area contributed by atoms with Gasteiger partial charge in [-0.05, 0) is 11.6 Å². The van der Waals surface area contributed by atoms with Crippen molar-refractivity contribution in [1.29, 1.82) is 0 Å². The van der Waals surface area contributed by atoms with E-state index in [0.717, 1.165) is 11.1 Å². The summed E-state index contributed by atoms with van der Waals surface area (Å²) >= 11 is 3.20. The minimum Gasteiger partial charge on any atom is -0.387 e. The first-order valence-electron chi connectivity index (χ1n) is 3.59. The highest BCUT2D eigenvalue weighted by molar-refractivity contribution is 9.09. The summed E-state index contributed by atoms with van der Waals surface area (Å²) in [7, 11) is 0. The molecule has 2 heteroatoms. The Kier molecular flexibility index (Phi) is 3.33. The van der Waals surface area contributed by atoms with Gasteiger partial charge in [-0.1, -0.05) is 40.0 Å². The fraction of sp³-hybridized carbons (Fsp3) is 0.200. The van der Waals surface area contributed by atoms with Crippen LogP contribution in [0.25, 0.3) is 0 Å². The molecule has 0 amide bonds. The van der Waals surface area contributed by atoms with E-state index in [9.17, 15) is 5.11 Å². The molecule has 0 fully saturated rings. The third-order valence-corrected chi connectivity index (χ3v) is 2.23. The van der Waals surface area contributed by atoms with Gasteiger partial charge in [0.05, 0.1) is 6.10 Å². The standard InChI is InChI=1S/C10H9BrO/c1-2-8-5-3-4-6-9(8)10(12)7-11/h1,3-6,10,12H,7H2. The van der Waals surface area contributed by atoms with E-state index in [1.807, 2.05) is 24.3 Å². The maximum Gasteiger partial charge on any atom is 0.0898 e. The van der Waals surface area contributed by atoms with Gasteiger partial charge in [-0.25, -0.2) is 0 Å². The molecular formula is C10H9BrO. The second-order valence-corrected chi connectivity index (χ2v) is 3.05. The topological polar surface area (TPSA) is 20.2 Å². The average molecular weight is 225 g/mol. The highest BCUT2D eigenvalue weighted by Crippen LogP contribution is 2.18. The molecule has 0 spiro atoms. The molecule has 1 nitrogen and oxygen atoms in total.